The summed E-state index contributed by atoms with van der Waals surface area (Å²) in [6.07, 6.45) is 1.09. The first-order valence-corrected chi connectivity index (χ1v) is 6.10. The van der Waals surface area contributed by atoms with Crippen molar-refractivity contribution in [1.82, 2.24) is 4.90 Å². The van der Waals surface area contributed by atoms with Crippen molar-refractivity contribution in [3.05, 3.63) is 23.8 Å². The molecule has 2 unspecified atom stereocenters. The van der Waals surface area contributed by atoms with Crippen molar-refractivity contribution in [1.29, 1.82) is 0 Å². The van der Waals surface area contributed by atoms with E-state index in [9.17, 15) is 5.11 Å². The van der Waals surface area contributed by atoms with Crippen LogP contribution in [0.4, 0.5) is 0 Å². The molecule has 0 aromatic heterocycles. The van der Waals surface area contributed by atoms with E-state index in [0.717, 1.165) is 12.0 Å². The van der Waals surface area contributed by atoms with Crippen molar-refractivity contribution < 1.29 is 9.84 Å². The highest BCUT2D eigenvalue weighted by Gasteiger charge is 2.19. The molecule has 0 amide bonds. The lowest BCUT2D eigenvalue weighted by Crippen LogP contribution is -2.31. The molecule has 0 spiro atoms. The highest BCUT2D eigenvalue weighted by molar-refractivity contribution is 5.41. The van der Waals surface area contributed by atoms with Crippen LogP contribution in [0.2, 0.25) is 0 Å². The molecule has 0 bridgehead atoms. The van der Waals surface area contributed by atoms with Crippen LogP contribution in [-0.2, 0) is 0 Å². The zero-order valence-electron chi connectivity index (χ0n) is 11.4. The maximum atomic E-state index is 9.99. The van der Waals surface area contributed by atoms with Crippen molar-refractivity contribution in [3.63, 3.8) is 0 Å². The van der Waals surface area contributed by atoms with Gasteiger partial charge in [-0.2, -0.15) is 0 Å². The van der Waals surface area contributed by atoms with E-state index >= 15 is 0 Å². The zero-order chi connectivity index (χ0) is 13.0. The third-order valence-corrected chi connectivity index (χ3v) is 3.58. The number of hydrogen-bond acceptors (Lipinski definition) is 3. The summed E-state index contributed by atoms with van der Waals surface area (Å²) in [7, 11) is 3.69. The van der Waals surface area contributed by atoms with Crippen molar-refractivity contribution in [2.75, 3.05) is 14.2 Å². The topological polar surface area (TPSA) is 32.7 Å². The average molecular weight is 237 g/mol. The van der Waals surface area contributed by atoms with Gasteiger partial charge in [0, 0.05) is 23.7 Å². The molecule has 0 aliphatic carbocycles. The minimum atomic E-state index is 0.191. The second-order valence-electron chi connectivity index (χ2n) is 4.52. The number of hydrogen-bond donors (Lipinski definition) is 1. The first-order chi connectivity index (χ1) is 8.01. The molecule has 0 aliphatic heterocycles. The fourth-order valence-electron chi connectivity index (χ4n) is 1.89. The molecule has 17 heavy (non-hydrogen) atoms. The van der Waals surface area contributed by atoms with Gasteiger partial charge in [0.25, 0.3) is 0 Å². The second-order valence-corrected chi connectivity index (χ2v) is 4.52. The molecule has 0 radical (unpaired) electrons. The van der Waals surface area contributed by atoms with Gasteiger partial charge >= 0.3 is 0 Å². The number of ether oxygens (including phenoxy) is 1. The van der Waals surface area contributed by atoms with Gasteiger partial charge in [-0.25, -0.2) is 0 Å². The lowest BCUT2D eigenvalue weighted by atomic mass is 10.0. The van der Waals surface area contributed by atoms with E-state index in [1.54, 1.807) is 13.2 Å². The number of phenols is 1. The van der Waals surface area contributed by atoms with Crippen LogP contribution in [0.1, 0.15) is 38.8 Å². The number of nitrogens with zero attached hydrogens (tertiary/aromatic N) is 1. The van der Waals surface area contributed by atoms with Crippen molar-refractivity contribution in [3.8, 4) is 11.5 Å². The summed E-state index contributed by atoms with van der Waals surface area (Å²) in [6.45, 7) is 6.46. The predicted molar refractivity (Wildman–Crippen MR) is 70.6 cm³/mol. The number of aromatic hydroxyl groups is 1. The van der Waals surface area contributed by atoms with Gasteiger partial charge in [0.05, 0.1) is 7.11 Å². The van der Waals surface area contributed by atoms with Crippen molar-refractivity contribution in [2.45, 2.75) is 39.3 Å². The van der Waals surface area contributed by atoms with Gasteiger partial charge in [-0.1, -0.05) is 13.0 Å². The third-order valence-electron chi connectivity index (χ3n) is 3.58. The average Bonchev–Trinajstić information content (AvgIpc) is 2.35. The summed E-state index contributed by atoms with van der Waals surface area (Å²) in [5.41, 5.74) is 0.939. The lowest BCUT2D eigenvalue weighted by Gasteiger charge is -2.30. The van der Waals surface area contributed by atoms with E-state index in [-0.39, 0.29) is 6.04 Å². The maximum Gasteiger partial charge on any atom is 0.124 e. The first-order valence-electron chi connectivity index (χ1n) is 6.10. The Morgan fingerprint density at radius 1 is 1.35 bits per heavy atom. The Bertz CT molecular complexity index is 365. The SMILES string of the molecule is CCC(C)N(C)C(C)c1ccc(OC)cc1O. The van der Waals surface area contributed by atoms with Crippen LogP contribution in [0.25, 0.3) is 0 Å². The van der Waals surface area contributed by atoms with Crippen LogP contribution in [0.15, 0.2) is 18.2 Å². The van der Waals surface area contributed by atoms with E-state index in [1.807, 2.05) is 12.1 Å². The minimum absolute atomic E-state index is 0.191. The van der Waals surface area contributed by atoms with Gasteiger partial charge in [0.2, 0.25) is 0 Å². The van der Waals surface area contributed by atoms with Crippen LogP contribution >= 0.6 is 0 Å². The molecule has 0 saturated carbocycles. The largest absolute Gasteiger partial charge is 0.507 e. The highest BCUT2D eigenvalue weighted by atomic mass is 16.5. The lowest BCUT2D eigenvalue weighted by molar-refractivity contribution is 0.190. The summed E-state index contributed by atoms with van der Waals surface area (Å²) in [5, 5.41) is 9.99. The van der Waals surface area contributed by atoms with Crippen LogP contribution in [0.5, 0.6) is 11.5 Å². The van der Waals surface area contributed by atoms with E-state index in [1.165, 1.54) is 0 Å². The van der Waals surface area contributed by atoms with E-state index in [4.69, 9.17) is 4.74 Å². The van der Waals surface area contributed by atoms with Crippen LogP contribution in [0, 0.1) is 0 Å². The summed E-state index contributed by atoms with van der Waals surface area (Å²) >= 11 is 0. The Hall–Kier alpha value is -1.22. The highest BCUT2D eigenvalue weighted by Crippen LogP contribution is 2.31. The molecule has 1 rings (SSSR count). The molecular formula is C14H23NO2. The summed E-state index contributed by atoms with van der Waals surface area (Å²) < 4.78 is 5.09. The van der Waals surface area contributed by atoms with E-state index < -0.39 is 0 Å². The standard InChI is InChI=1S/C14H23NO2/c1-6-10(2)15(4)11(3)13-8-7-12(17-5)9-14(13)16/h7-11,16H,6H2,1-5H3. The molecular weight excluding hydrogens is 214 g/mol. The minimum Gasteiger partial charge on any atom is -0.507 e. The Balaban J connectivity index is 2.92. The monoisotopic (exact) mass is 237 g/mol. The van der Waals surface area contributed by atoms with Gasteiger partial charge in [0.1, 0.15) is 11.5 Å². The number of benzene rings is 1. The Morgan fingerprint density at radius 3 is 2.47 bits per heavy atom. The molecule has 2 atom stereocenters. The normalized spacial score (nSPS) is 14.7. The molecule has 0 saturated heterocycles. The van der Waals surface area contributed by atoms with Crippen molar-refractivity contribution >= 4 is 0 Å². The second kappa shape index (κ2) is 5.92. The summed E-state index contributed by atoms with van der Waals surface area (Å²) in [6, 6.07) is 6.16. The van der Waals surface area contributed by atoms with Gasteiger partial charge in [-0.3, -0.25) is 4.90 Å². The molecule has 96 valence electrons. The summed E-state index contributed by atoms with van der Waals surface area (Å²) in [4.78, 5) is 2.27. The predicted octanol–water partition coefficient (Wildman–Crippen LogP) is 3.19. The number of methoxy groups -OCH3 is 1. The maximum absolute atomic E-state index is 9.99. The molecule has 0 fully saturated rings. The van der Waals surface area contributed by atoms with Gasteiger partial charge in [0.15, 0.2) is 0 Å². The Kier molecular flexibility index (Phi) is 4.82. The molecule has 0 heterocycles. The fourth-order valence-corrected chi connectivity index (χ4v) is 1.89. The van der Waals surface area contributed by atoms with Crippen LogP contribution in [0.3, 0.4) is 0 Å². The number of phenolic OH excluding ortho intramolecular Hbond substituents is 1. The van der Waals surface area contributed by atoms with Crippen LogP contribution in [-0.4, -0.2) is 30.2 Å². The molecule has 3 heteroatoms. The summed E-state index contributed by atoms with van der Waals surface area (Å²) in [5.74, 6) is 0.983. The quantitative estimate of drug-likeness (QED) is 0.853. The molecule has 1 aromatic carbocycles. The fraction of sp³-hybridized carbons (Fsp3) is 0.571. The van der Waals surface area contributed by atoms with Crippen molar-refractivity contribution in [2.24, 2.45) is 0 Å². The van der Waals surface area contributed by atoms with Crippen LogP contribution < -0.4 is 4.74 Å². The molecule has 0 aliphatic rings. The van der Waals surface area contributed by atoms with E-state index in [2.05, 4.69) is 32.7 Å². The smallest absolute Gasteiger partial charge is 0.124 e. The van der Waals surface area contributed by atoms with Gasteiger partial charge < -0.3 is 9.84 Å². The Morgan fingerprint density at radius 2 is 2.00 bits per heavy atom. The van der Waals surface area contributed by atoms with Gasteiger partial charge in [-0.15, -0.1) is 0 Å². The molecule has 1 aromatic rings. The Labute approximate surface area is 104 Å². The molecule has 3 nitrogen and oxygen atoms in total. The molecule has 1 N–H and O–H groups in total. The first kappa shape index (κ1) is 13.8. The van der Waals surface area contributed by atoms with E-state index in [0.29, 0.717) is 17.5 Å². The van der Waals surface area contributed by atoms with Gasteiger partial charge in [-0.05, 0) is 33.4 Å². The third kappa shape index (κ3) is 3.13. The number of rotatable bonds is 5. The zero-order valence-corrected chi connectivity index (χ0v) is 11.4.